The van der Waals surface area contributed by atoms with Crippen LogP contribution in [-0.2, 0) is 11.2 Å². The maximum atomic E-state index is 13.0. The fourth-order valence-corrected chi connectivity index (χ4v) is 4.40. The highest BCUT2D eigenvalue weighted by atomic mass is 16.5. The van der Waals surface area contributed by atoms with Crippen molar-refractivity contribution in [3.8, 4) is 5.75 Å². The number of aromatic nitrogens is 1. The lowest BCUT2D eigenvalue weighted by molar-refractivity contribution is -0.132. The van der Waals surface area contributed by atoms with Crippen molar-refractivity contribution in [3.63, 3.8) is 0 Å². The predicted molar refractivity (Wildman–Crippen MR) is 119 cm³/mol. The zero-order chi connectivity index (χ0) is 21.5. The number of pyridine rings is 1. The van der Waals surface area contributed by atoms with Crippen LogP contribution in [0, 0.1) is 5.92 Å². The third-order valence-corrected chi connectivity index (χ3v) is 6.27. The monoisotopic (exact) mass is 421 g/mol. The van der Waals surface area contributed by atoms with Gasteiger partial charge in [0.25, 0.3) is 5.91 Å². The summed E-state index contributed by atoms with van der Waals surface area (Å²) in [6.07, 6.45) is 8.40. The zero-order valence-corrected chi connectivity index (χ0v) is 18.0. The van der Waals surface area contributed by atoms with Crippen molar-refractivity contribution in [1.82, 2.24) is 14.8 Å². The molecule has 1 aliphatic heterocycles. The first-order valence-corrected chi connectivity index (χ1v) is 11.4. The molecule has 0 bridgehead atoms. The fourth-order valence-electron chi connectivity index (χ4n) is 4.40. The Balaban J connectivity index is 1.27. The van der Waals surface area contributed by atoms with E-state index in [2.05, 4.69) is 4.98 Å². The number of piperazine rings is 1. The summed E-state index contributed by atoms with van der Waals surface area (Å²) in [5, 5.41) is 0. The first-order valence-electron chi connectivity index (χ1n) is 11.4. The van der Waals surface area contributed by atoms with Gasteiger partial charge in [0.1, 0.15) is 5.75 Å². The van der Waals surface area contributed by atoms with Crippen molar-refractivity contribution in [2.45, 2.75) is 38.5 Å². The Labute approximate surface area is 184 Å². The number of ether oxygens (including phenoxy) is 1. The molecule has 2 heterocycles. The van der Waals surface area contributed by atoms with Crippen LogP contribution >= 0.6 is 0 Å². The molecule has 2 amide bonds. The molecule has 0 unspecified atom stereocenters. The third-order valence-electron chi connectivity index (χ3n) is 6.27. The number of amides is 2. The Bertz CT molecular complexity index is 873. The van der Waals surface area contributed by atoms with Gasteiger partial charge in [0, 0.05) is 43.6 Å². The molecule has 2 aromatic rings. The molecule has 1 aromatic carbocycles. The smallest absolute Gasteiger partial charge is 0.254 e. The highest BCUT2D eigenvalue weighted by Gasteiger charge is 2.25. The summed E-state index contributed by atoms with van der Waals surface area (Å²) in [6.45, 7) is 2.92. The molecule has 0 radical (unpaired) electrons. The highest BCUT2D eigenvalue weighted by molar-refractivity contribution is 5.94. The molecule has 1 saturated heterocycles. The Kier molecular flexibility index (Phi) is 7.18. The SMILES string of the molecule is O=C(Cc1ccccn1)N1CCN(C(=O)c2cccc(OCC3CCCCC3)c2)CC1. The van der Waals surface area contributed by atoms with Crippen molar-refractivity contribution in [2.24, 2.45) is 5.92 Å². The third kappa shape index (κ3) is 5.84. The first-order chi connectivity index (χ1) is 15.2. The summed E-state index contributed by atoms with van der Waals surface area (Å²) >= 11 is 0. The second kappa shape index (κ2) is 10.4. The quantitative estimate of drug-likeness (QED) is 0.715. The number of hydrogen-bond donors (Lipinski definition) is 0. The van der Waals surface area contributed by atoms with E-state index in [0.717, 1.165) is 18.1 Å². The molecule has 2 fully saturated rings. The standard InChI is InChI=1S/C25H31N3O3/c29-24(18-22-10-4-5-12-26-22)27-13-15-28(16-14-27)25(30)21-9-6-11-23(17-21)31-19-20-7-2-1-3-8-20/h4-6,9-12,17,20H,1-3,7-8,13-16,18-19H2. The van der Waals surface area contributed by atoms with Gasteiger partial charge in [0.2, 0.25) is 5.91 Å². The second-order valence-electron chi connectivity index (χ2n) is 8.51. The lowest BCUT2D eigenvalue weighted by Crippen LogP contribution is -2.51. The topological polar surface area (TPSA) is 62.7 Å². The number of carbonyl (C=O) groups excluding carboxylic acids is 2. The molecule has 0 atom stereocenters. The van der Waals surface area contributed by atoms with E-state index in [4.69, 9.17) is 4.74 Å². The molecule has 1 aromatic heterocycles. The molecule has 0 N–H and O–H groups in total. The van der Waals surface area contributed by atoms with Gasteiger partial charge in [0.05, 0.1) is 13.0 Å². The Morgan fingerprint density at radius 2 is 1.71 bits per heavy atom. The van der Waals surface area contributed by atoms with Gasteiger partial charge in [-0.25, -0.2) is 0 Å². The first kappa shape index (κ1) is 21.3. The normalized spacial score (nSPS) is 17.4. The lowest BCUT2D eigenvalue weighted by Gasteiger charge is -2.35. The minimum Gasteiger partial charge on any atom is -0.493 e. The lowest BCUT2D eigenvalue weighted by atomic mass is 9.90. The van der Waals surface area contributed by atoms with Crippen molar-refractivity contribution >= 4 is 11.8 Å². The average Bonchev–Trinajstić information content (AvgIpc) is 2.84. The van der Waals surface area contributed by atoms with Crippen molar-refractivity contribution in [1.29, 1.82) is 0 Å². The van der Waals surface area contributed by atoms with Gasteiger partial charge in [-0.1, -0.05) is 31.4 Å². The maximum Gasteiger partial charge on any atom is 0.254 e. The van der Waals surface area contributed by atoms with Crippen LogP contribution < -0.4 is 4.74 Å². The summed E-state index contributed by atoms with van der Waals surface area (Å²) in [4.78, 5) is 33.4. The minimum atomic E-state index is -0.0000543. The van der Waals surface area contributed by atoms with Crippen LogP contribution in [0.25, 0.3) is 0 Å². The maximum absolute atomic E-state index is 13.0. The molecular formula is C25H31N3O3. The molecule has 4 rings (SSSR count). The molecular weight excluding hydrogens is 390 g/mol. The van der Waals surface area contributed by atoms with Gasteiger partial charge in [0.15, 0.2) is 0 Å². The van der Waals surface area contributed by atoms with E-state index in [9.17, 15) is 9.59 Å². The van der Waals surface area contributed by atoms with Gasteiger partial charge in [-0.15, -0.1) is 0 Å². The van der Waals surface area contributed by atoms with Crippen LogP contribution in [0.1, 0.15) is 48.2 Å². The van der Waals surface area contributed by atoms with Gasteiger partial charge in [-0.3, -0.25) is 14.6 Å². The molecule has 31 heavy (non-hydrogen) atoms. The largest absolute Gasteiger partial charge is 0.493 e. The van der Waals surface area contributed by atoms with E-state index in [-0.39, 0.29) is 11.8 Å². The van der Waals surface area contributed by atoms with Crippen LogP contribution in [0.3, 0.4) is 0 Å². The molecule has 164 valence electrons. The predicted octanol–water partition coefficient (Wildman–Crippen LogP) is 3.57. The van der Waals surface area contributed by atoms with Gasteiger partial charge in [-0.05, 0) is 49.1 Å². The second-order valence-corrected chi connectivity index (χ2v) is 8.51. The van der Waals surface area contributed by atoms with Crippen molar-refractivity contribution in [2.75, 3.05) is 32.8 Å². The minimum absolute atomic E-state index is 0.0000543. The molecule has 0 spiro atoms. The van der Waals surface area contributed by atoms with Crippen LogP contribution in [0.4, 0.5) is 0 Å². The van der Waals surface area contributed by atoms with Crippen molar-refractivity contribution in [3.05, 3.63) is 59.9 Å². The fraction of sp³-hybridized carbons (Fsp3) is 0.480. The van der Waals surface area contributed by atoms with Crippen LogP contribution in [0.2, 0.25) is 0 Å². The van der Waals surface area contributed by atoms with E-state index in [1.165, 1.54) is 32.1 Å². The number of benzene rings is 1. The summed E-state index contributed by atoms with van der Waals surface area (Å²) < 4.78 is 6.00. The number of rotatable bonds is 6. The number of nitrogens with zero attached hydrogens (tertiary/aromatic N) is 3. The number of hydrogen-bond acceptors (Lipinski definition) is 4. The summed E-state index contributed by atoms with van der Waals surface area (Å²) in [5.41, 5.74) is 1.42. The summed E-state index contributed by atoms with van der Waals surface area (Å²) in [6, 6.07) is 13.1. The summed E-state index contributed by atoms with van der Waals surface area (Å²) in [5.74, 6) is 1.45. The van der Waals surface area contributed by atoms with E-state index < -0.39 is 0 Å². The Morgan fingerprint density at radius 1 is 0.935 bits per heavy atom. The van der Waals surface area contributed by atoms with E-state index >= 15 is 0 Å². The Morgan fingerprint density at radius 3 is 2.45 bits per heavy atom. The molecule has 1 aliphatic carbocycles. The van der Waals surface area contributed by atoms with Crippen LogP contribution in [0.5, 0.6) is 5.75 Å². The van der Waals surface area contributed by atoms with Crippen LogP contribution in [0.15, 0.2) is 48.7 Å². The zero-order valence-electron chi connectivity index (χ0n) is 18.0. The highest BCUT2D eigenvalue weighted by Crippen LogP contribution is 2.25. The van der Waals surface area contributed by atoms with Crippen LogP contribution in [-0.4, -0.2) is 59.4 Å². The Hall–Kier alpha value is -2.89. The molecule has 2 aliphatic rings. The molecule has 1 saturated carbocycles. The molecule has 6 nitrogen and oxygen atoms in total. The van der Waals surface area contributed by atoms with Gasteiger partial charge in [-0.2, -0.15) is 0 Å². The molecule has 6 heteroatoms. The van der Waals surface area contributed by atoms with E-state index in [0.29, 0.717) is 44.1 Å². The van der Waals surface area contributed by atoms with E-state index in [1.54, 1.807) is 6.20 Å². The van der Waals surface area contributed by atoms with Gasteiger partial charge < -0.3 is 14.5 Å². The van der Waals surface area contributed by atoms with E-state index in [1.807, 2.05) is 52.3 Å². The average molecular weight is 422 g/mol. The van der Waals surface area contributed by atoms with Gasteiger partial charge >= 0.3 is 0 Å². The summed E-state index contributed by atoms with van der Waals surface area (Å²) in [7, 11) is 0. The van der Waals surface area contributed by atoms with Crippen molar-refractivity contribution < 1.29 is 14.3 Å². The number of carbonyl (C=O) groups is 2.